The van der Waals surface area contributed by atoms with E-state index in [9.17, 15) is 24.2 Å². The molecule has 0 saturated carbocycles. The van der Waals surface area contributed by atoms with Crippen LogP contribution in [-0.4, -0.2) is 6.09 Å². The van der Waals surface area contributed by atoms with Crippen molar-refractivity contribution in [1.29, 1.82) is 0 Å². The summed E-state index contributed by atoms with van der Waals surface area (Å²) in [6, 6.07) is 9.84. The summed E-state index contributed by atoms with van der Waals surface area (Å²) in [5, 5.41) is 2.18. The molecule has 2 rings (SSSR count). The van der Waals surface area contributed by atoms with Gasteiger partial charge in [-0.15, -0.1) is 0 Å². The van der Waals surface area contributed by atoms with Gasteiger partial charge in [-0.2, -0.15) is 0 Å². The third kappa shape index (κ3) is 5.10. The van der Waals surface area contributed by atoms with Gasteiger partial charge in [0.2, 0.25) is 0 Å². The van der Waals surface area contributed by atoms with Crippen LogP contribution in [0.5, 0.6) is 0 Å². The normalized spacial score (nSPS) is 14.4. The molecule has 0 aromatic heterocycles. The fourth-order valence-electron chi connectivity index (χ4n) is 1.71. The van der Waals surface area contributed by atoms with Gasteiger partial charge in [0.05, 0.1) is 5.69 Å². The second kappa shape index (κ2) is 5.62. The van der Waals surface area contributed by atoms with Crippen LogP contribution >= 0.6 is 26.2 Å². The van der Waals surface area contributed by atoms with Crippen LogP contribution in [0.4, 0.5) is 29.9 Å². The molecule has 0 radical (unpaired) electrons. The number of hydrogen-bond donors (Lipinski definition) is 1. The molecule has 3 nitrogen and oxygen atoms in total. The Balaban J connectivity index is 2.07. The molecular formula is C14H11BrF5NO2S. The van der Waals surface area contributed by atoms with E-state index in [1.165, 1.54) is 0 Å². The highest BCUT2D eigenvalue weighted by molar-refractivity contribution is 9.10. The summed E-state index contributed by atoms with van der Waals surface area (Å²) in [4.78, 5) is 9.58. The summed E-state index contributed by atoms with van der Waals surface area (Å²) in [5.74, 6) is 0. The Labute approximate surface area is 142 Å². The maximum Gasteiger partial charge on any atom is 0.411 e. The molecule has 2 aromatic rings. The van der Waals surface area contributed by atoms with Crippen LogP contribution in [0.3, 0.4) is 0 Å². The van der Waals surface area contributed by atoms with E-state index in [0.717, 1.165) is 6.07 Å². The topological polar surface area (TPSA) is 38.3 Å². The van der Waals surface area contributed by atoms with Gasteiger partial charge in [-0.25, -0.2) is 4.79 Å². The molecule has 0 aliphatic carbocycles. The second-order valence-electron chi connectivity index (χ2n) is 4.80. The van der Waals surface area contributed by atoms with Gasteiger partial charge in [0, 0.05) is 4.47 Å². The molecule has 0 bridgehead atoms. The Morgan fingerprint density at radius 3 is 2.21 bits per heavy atom. The van der Waals surface area contributed by atoms with Crippen molar-refractivity contribution >= 4 is 37.9 Å². The number of carbonyl (C=O) groups is 1. The summed E-state index contributed by atoms with van der Waals surface area (Å²) in [5.41, 5.74) is 0.585. The molecule has 0 aliphatic rings. The van der Waals surface area contributed by atoms with Gasteiger partial charge in [0.25, 0.3) is 0 Å². The third-order valence-electron chi connectivity index (χ3n) is 2.84. The number of benzene rings is 2. The number of hydrogen-bond acceptors (Lipinski definition) is 2. The predicted octanol–water partition coefficient (Wildman–Crippen LogP) is 6.86. The highest BCUT2D eigenvalue weighted by Gasteiger charge is 2.65. The average Bonchev–Trinajstić information content (AvgIpc) is 2.46. The van der Waals surface area contributed by atoms with E-state index in [2.05, 4.69) is 21.2 Å². The summed E-state index contributed by atoms with van der Waals surface area (Å²) in [6.45, 7) is -0.0478. The van der Waals surface area contributed by atoms with Crippen LogP contribution in [0.1, 0.15) is 5.56 Å². The number of halogens is 6. The third-order valence-corrected chi connectivity index (χ3v) is 4.64. The van der Waals surface area contributed by atoms with Crippen molar-refractivity contribution in [1.82, 2.24) is 0 Å². The summed E-state index contributed by atoms with van der Waals surface area (Å²) >= 11 is 2.73. The van der Waals surface area contributed by atoms with E-state index in [4.69, 9.17) is 4.74 Å². The molecule has 0 atom stereocenters. The Morgan fingerprint density at radius 1 is 1.04 bits per heavy atom. The fourth-order valence-corrected chi connectivity index (χ4v) is 3.00. The van der Waals surface area contributed by atoms with E-state index in [1.54, 1.807) is 30.3 Å². The minimum absolute atomic E-state index is 0.0478. The number of amides is 1. The zero-order valence-corrected chi connectivity index (χ0v) is 14.2. The van der Waals surface area contributed by atoms with Crippen LogP contribution in [0.25, 0.3) is 0 Å². The zero-order chi connectivity index (χ0) is 18.1. The maximum atomic E-state index is 12.7. The van der Waals surface area contributed by atoms with E-state index in [1.807, 2.05) is 0 Å². The first-order valence-corrected chi connectivity index (χ1v) is 9.11. The van der Waals surface area contributed by atoms with Gasteiger partial charge >= 0.3 is 16.3 Å². The molecule has 1 amide bonds. The average molecular weight is 432 g/mol. The Bertz CT molecular complexity index is 768. The summed E-state index contributed by atoms with van der Waals surface area (Å²) < 4.78 is 68.0. The van der Waals surface area contributed by atoms with Crippen molar-refractivity contribution in [2.24, 2.45) is 0 Å². The predicted molar refractivity (Wildman–Crippen MR) is 85.8 cm³/mol. The van der Waals surface area contributed by atoms with Crippen LogP contribution in [0.15, 0.2) is 57.9 Å². The highest BCUT2D eigenvalue weighted by Crippen LogP contribution is 3.02. The van der Waals surface area contributed by atoms with E-state index < -0.39 is 21.2 Å². The minimum atomic E-state index is -9.77. The van der Waals surface area contributed by atoms with Crippen molar-refractivity contribution < 1.29 is 29.0 Å². The van der Waals surface area contributed by atoms with Crippen LogP contribution in [0, 0.1) is 0 Å². The molecule has 0 spiro atoms. The lowest BCUT2D eigenvalue weighted by Crippen LogP contribution is -2.14. The molecule has 132 valence electrons. The van der Waals surface area contributed by atoms with E-state index in [-0.39, 0.29) is 28.9 Å². The quantitative estimate of drug-likeness (QED) is 0.537. The lowest BCUT2D eigenvalue weighted by Gasteiger charge is -2.40. The second-order valence-corrected chi connectivity index (χ2v) is 8.06. The molecule has 10 heteroatoms. The van der Waals surface area contributed by atoms with Gasteiger partial charge in [-0.1, -0.05) is 49.8 Å². The SMILES string of the molecule is O=C(Nc1ccc(S(F)(F)(F)(F)F)cc1Br)OCc1ccccc1. The number of carbonyl (C=O) groups excluding carboxylic acids is 1. The first kappa shape index (κ1) is 18.5. The first-order chi connectivity index (χ1) is 10.8. The molecule has 0 aliphatic heterocycles. The lowest BCUT2D eigenvalue weighted by molar-refractivity contribution is 0.155. The van der Waals surface area contributed by atoms with Gasteiger partial charge in [0.1, 0.15) is 11.5 Å². The zero-order valence-electron chi connectivity index (χ0n) is 11.8. The van der Waals surface area contributed by atoms with Gasteiger partial charge in [0.15, 0.2) is 0 Å². The minimum Gasteiger partial charge on any atom is -0.444 e. The van der Waals surface area contributed by atoms with Crippen LogP contribution < -0.4 is 5.32 Å². The number of anilines is 1. The van der Waals surface area contributed by atoms with Crippen molar-refractivity contribution in [3.63, 3.8) is 0 Å². The molecule has 0 fully saturated rings. The van der Waals surface area contributed by atoms with Crippen LogP contribution in [0.2, 0.25) is 0 Å². The lowest BCUT2D eigenvalue weighted by atomic mass is 10.2. The molecule has 24 heavy (non-hydrogen) atoms. The van der Waals surface area contributed by atoms with Crippen molar-refractivity contribution in [3.05, 3.63) is 58.6 Å². The number of nitrogens with one attached hydrogen (secondary N) is 1. The Morgan fingerprint density at radius 2 is 1.67 bits per heavy atom. The Hall–Kier alpha value is -1.81. The molecule has 2 aromatic carbocycles. The molecule has 0 unspecified atom stereocenters. The van der Waals surface area contributed by atoms with Crippen molar-refractivity contribution in [2.75, 3.05) is 5.32 Å². The smallest absolute Gasteiger partial charge is 0.411 e. The largest absolute Gasteiger partial charge is 0.444 e. The molecule has 0 saturated heterocycles. The van der Waals surface area contributed by atoms with Crippen LogP contribution in [-0.2, 0) is 11.3 Å². The number of ether oxygens (including phenoxy) is 1. The fraction of sp³-hybridized carbons (Fsp3) is 0.0714. The van der Waals surface area contributed by atoms with Crippen molar-refractivity contribution in [3.8, 4) is 0 Å². The summed E-state index contributed by atoms with van der Waals surface area (Å²) in [6.07, 6.45) is -0.931. The van der Waals surface area contributed by atoms with Gasteiger partial charge < -0.3 is 4.74 Å². The molecule has 0 heterocycles. The number of rotatable bonds is 4. The molecule has 1 N–H and O–H groups in total. The van der Waals surface area contributed by atoms with E-state index in [0.29, 0.717) is 5.56 Å². The Kier molecular flexibility index (Phi) is 4.34. The van der Waals surface area contributed by atoms with Crippen molar-refractivity contribution in [2.45, 2.75) is 11.5 Å². The molecular weight excluding hydrogens is 421 g/mol. The highest BCUT2D eigenvalue weighted by atomic mass is 79.9. The standard InChI is InChI=1S/C14H11BrF5NO2S/c15-12-8-11(24(16,17,18,19)20)6-7-13(12)21-14(22)23-9-10-4-2-1-3-5-10/h1-8H,9H2,(H,21,22). The maximum absolute atomic E-state index is 12.7. The monoisotopic (exact) mass is 431 g/mol. The first-order valence-electron chi connectivity index (χ1n) is 6.36. The van der Waals surface area contributed by atoms with E-state index >= 15 is 0 Å². The van der Waals surface area contributed by atoms with Gasteiger partial charge in [-0.05, 0) is 39.7 Å². The van der Waals surface area contributed by atoms with Gasteiger partial charge in [-0.3, -0.25) is 5.32 Å². The summed E-state index contributed by atoms with van der Waals surface area (Å²) in [7, 11) is -9.77.